The van der Waals surface area contributed by atoms with Crippen LogP contribution in [-0.2, 0) is 25.5 Å². The summed E-state index contributed by atoms with van der Waals surface area (Å²) >= 11 is 0. The van der Waals surface area contributed by atoms with Crippen molar-refractivity contribution in [3.8, 4) is 0 Å². The minimum atomic E-state index is -0.510. The van der Waals surface area contributed by atoms with E-state index in [0.29, 0.717) is 48.0 Å². The van der Waals surface area contributed by atoms with Crippen molar-refractivity contribution >= 4 is 34.3 Å². The minimum Gasteiger partial charge on any atom is -0.464 e. The molecule has 9 heteroatoms. The third kappa shape index (κ3) is 5.14. The SMILES string of the molecule is CC[C@H](C)C(=O)Nc1c(C(=O)OC)n(C[C@H]2CCCO2)c2ncc(NC3CCOCC3)cc12. The van der Waals surface area contributed by atoms with Crippen molar-refractivity contribution in [2.24, 2.45) is 5.92 Å². The third-order valence-electron chi connectivity index (χ3n) is 6.59. The van der Waals surface area contributed by atoms with Gasteiger partial charge in [0.05, 0.1) is 37.3 Å². The monoisotopic (exact) mass is 458 g/mol. The quantitative estimate of drug-likeness (QED) is 0.583. The lowest BCUT2D eigenvalue weighted by Crippen LogP contribution is -2.27. The van der Waals surface area contributed by atoms with Gasteiger partial charge in [-0.05, 0) is 38.2 Å². The first-order valence-electron chi connectivity index (χ1n) is 11.9. The van der Waals surface area contributed by atoms with E-state index in [-0.39, 0.29) is 17.9 Å². The predicted molar refractivity (Wildman–Crippen MR) is 126 cm³/mol. The predicted octanol–water partition coefficient (Wildman–Crippen LogP) is 3.58. The minimum absolute atomic E-state index is 0.0102. The Morgan fingerprint density at radius 1 is 1.27 bits per heavy atom. The van der Waals surface area contributed by atoms with Gasteiger partial charge in [0.1, 0.15) is 5.65 Å². The number of anilines is 2. The molecule has 2 aliphatic rings. The largest absolute Gasteiger partial charge is 0.464 e. The van der Waals surface area contributed by atoms with Gasteiger partial charge in [0.15, 0.2) is 5.69 Å². The normalized spacial score (nSPS) is 20.0. The molecule has 2 N–H and O–H groups in total. The average molecular weight is 459 g/mol. The molecule has 9 nitrogen and oxygen atoms in total. The molecule has 0 saturated carbocycles. The lowest BCUT2D eigenvalue weighted by Gasteiger charge is -2.24. The summed E-state index contributed by atoms with van der Waals surface area (Å²) in [6.45, 7) is 6.47. The van der Waals surface area contributed by atoms with Gasteiger partial charge in [-0.2, -0.15) is 0 Å². The molecule has 2 fully saturated rings. The van der Waals surface area contributed by atoms with E-state index < -0.39 is 5.97 Å². The highest BCUT2D eigenvalue weighted by atomic mass is 16.5. The number of esters is 1. The summed E-state index contributed by atoms with van der Waals surface area (Å²) in [5.74, 6) is -0.838. The lowest BCUT2D eigenvalue weighted by molar-refractivity contribution is -0.119. The number of nitrogens with one attached hydrogen (secondary N) is 2. The van der Waals surface area contributed by atoms with Crippen molar-refractivity contribution in [3.63, 3.8) is 0 Å². The summed E-state index contributed by atoms with van der Waals surface area (Å²) in [6.07, 6.45) is 6.21. The molecule has 2 atom stereocenters. The number of pyridine rings is 1. The molecule has 0 spiro atoms. The van der Waals surface area contributed by atoms with Crippen molar-refractivity contribution < 1.29 is 23.8 Å². The molecule has 2 aromatic heterocycles. The Balaban J connectivity index is 1.79. The zero-order chi connectivity index (χ0) is 23.4. The Morgan fingerprint density at radius 3 is 2.73 bits per heavy atom. The highest BCUT2D eigenvalue weighted by molar-refractivity contribution is 6.11. The van der Waals surface area contributed by atoms with E-state index in [0.717, 1.165) is 44.6 Å². The van der Waals surface area contributed by atoms with Crippen LogP contribution in [0.4, 0.5) is 11.4 Å². The second-order valence-electron chi connectivity index (χ2n) is 8.89. The van der Waals surface area contributed by atoms with Gasteiger partial charge in [-0.25, -0.2) is 9.78 Å². The second kappa shape index (κ2) is 10.5. The van der Waals surface area contributed by atoms with Crippen LogP contribution >= 0.6 is 0 Å². The fraction of sp³-hybridized carbons (Fsp3) is 0.625. The van der Waals surface area contributed by atoms with Gasteiger partial charge in [0.25, 0.3) is 0 Å². The molecule has 1 amide bonds. The van der Waals surface area contributed by atoms with Gasteiger partial charge in [-0.3, -0.25) is 4.79 Å². The Morgan fingerprint density at radius 2 is 2.06 bits per heavy atom. The molecule has 180 valence electrons. The van der Waals surface area contributed by atoms with Gasteiger partial charge >= 0.3 is 5.97 Å². The number of nitrogens with zero attached hydrogens (tertiary/aromatic N) is 2. The maximum Gasteiger partial charge on any atom is 0.356 e. The number of methoxy groups -OCH3 is 1. The Labute approximate surface area is 194 Å². The van der Waals surface area contributed by atoms with E-state index in [1.54, 1.807) is 6.20 Å². The van der Waals surface area contributed by atoms with Crippen molar-refractivity contribution in [1.29, 1.82) is 0 Å². The van der Waals surface area contributed by atoms with Crippen LogP contribution in [-0.4, -0.2) is 60.5 Å². The van der Waals surface area contributed by atoms with Gasteiger partial charge in [0.2, 0.25) is 5.91 Å². The van der Waals surface area contributed by atoms with E-state index in [1.165, 1.54) is 7.11 Å². The molecule has 0 aliphatic carbocycles. The standard InChI is InChI=1S/C24H34N4O5/c1-4-15(2)23(29)27-20-19-12-17(26-16-7-10-32-11-8-16)13-25-22(19)28(21(20)24(30)31-3)14-18-6-5-9-33-18/h12-13,15-16,18,26H,4-11,14H2,1-3H3,(H,27,29)/t15-,18+/m0/s1. The number of aromatic nitrogens is 2. The Bertz CT molecular complexity index is 992. The van der Waals surface area contributed by atoms with Crippen LogP contribution in [0.15, 0.2) is 12.3 Å². The molecule has 33 heavy (non-hydrogen) atoms. The van der Waals surface area contributed by atoms with E-state index >= 15 is 0 Å². The van der Waals surface area contributed by atoms with Gasteiger partial charge < -0.3 is 29.4 Å². The summed E-state index contributed by atoms with van der Waals surface area (Å²) in [7, 11) is 1.35. The fourth-order valence-corrected chi connectivity index (χ4v) is 4.42. The highest BCUT2D eigenvalue weighted by Crippen LogP contribution is 2.34. The first-order chi connectivity index (χ1) is 16.0. The van der Waals surface area contributed by atoms with E-state index in [9.17, 15) is 9.59 Å². The number of fused-ring (bicyclic) bond motifs is 1. The van der Waals surface area contributed by atoms with Crippen molar-refractivity contribution in [2.45, 2.75) is 64.6 Å². The topological polar surface area (TPSA) is 104 Å². The molecule has 0 bridgehead atoms. The number of carbonyl (C=O) groups excluding carboxylic acids is 2. The first-order valence-corrected chi connectivity index (χ1v) is 11.9. The van der Waals surface area contributed by atoms with Crippen LogP contribution in [0.1, 0.15) is 56.4 Å². The summed E-state index contributed by atoms with van der Waals surface area (Å²) in [5, 5.41) is 7.24. The van der Waals surface area contributed by atoms with Crippen LogP contribution in [0.25, 0.3) is 11.0 Å². The fourth-order valence-electron chi connectivity index (χ4n) is 4.42. The highest BCUT2D eigenvalue weighted by Gasteiger charge is 2.29. The second-order valence-corrected chi connectivity index (χ2v) is 8.89. The lowest BCUT2D eigenvalue weighted by atomic mass is 10.1. The van der Waals surface area contributed by atoms with Crippen molar-refractivity contribution in [3.05, 3.63) is 18.0 Å². The molecule has 0 unspecified atom stereocenters. The number of hydrogen-bond donors (Lipinski definition) is 2. The summed E-state index contributed by atoms with van der Waals surface area (Å²) in [6, 6.07) is 2.26. The molecule has 2 aromatic rings. The van der Waals surface area contributed by atoms with Crippen molar-refractivity contribution in [1.82, 2.24) is 9.55 Å². The zero-order valence-corrected chi connectivity index (χ0v) is 19.7. The number of amides is 1. The van der Waals surface area contributed by atoms with E-state index in [4.69, 9.17) is 19.2 Å². The Hall–Kier alpha value is -2.65. The zero-order valence-electron chi connectivity index (χ0n) is 19.7. The number of ether oxygens (including phenoxy) is 3. The number of carbonyl (C=O) groups is 2. The van der Waals surface area contributed by atoms with Crippen LogP contribution in [0.3, 0.4) is 0 Å². The summed E-state index contributed by atoms with van der Waals surface area (Å²) in [5.41, 5.74) is 2.22. The molecule has 4 rings (SSSR count). The third-order valence-corrected chi connectivity index (χ3v) is 6.59. The van der Waals surface area contributed by atoms with Crippen molar-refractivity contribution in [2.75, 3.05) is 37.6 Å². The van der Waals surface area contributed by atoms with Gasteiger partial charge in [-0.1, -0.05) is 13.8 Å². The maximum absolute atomic E-state index is 12.9. The van der Waals surface area contributed by atoms with Gasteiger partial charge in [0, 0.05) is 37.2 Å². The summed E-state index contributed by atoms with van der Waals surface area (Å²) in [4.78, 5) is 30.5. The number of rotatable bonds is 8. The Kier molecular flexibility index (Phi) is 7.49. The van der Waals surface area contributed by atoms with Gasteiger partial charge in [-0.15, -0.1) is 0 Å². The van der Waals surface area contributed by atoms with Crippen LogP contribution in [0.2, 0.25) is 0 Å². The van der Waals surface area contributed by atoms with E-state index in [1.807, 2.05) is 24.5 Å². The van der Waals surface area contributed by atoms with Crippen LogP contribution in [0, 0.1) is 5.92 Å². The molecule has 0 aromatic carbocycles. The summed E-state index contributed by atoms with van der Waals surface area (Å²) < 4.78 is 18.2. The average Bonchev–Trinajstić information content (AvgIpc) is 3.45. The van der Waals surface area contributed by atoms with E-state index in [2.05, 4.69) is 10.6 Å². The molecule has 4 heterocycles. The van der Waals surface area contributed by atoms with Crippen LogP contribution in [0.5, 0.6) is 0 Å². The molecular weight excluding hydrogens is 424 g/mol. The molecule has 0 radical (unpaired) electrons. The smallest absolute Gasteiger partial charge is 0.356 e. The molecule has 2 saturated heterocycles. The first kappa shape index (κ1) is 23.5. The molecular formula is C24H34N4O5. The maximum atomic E-state index is 12.9. The molecule has 2 aliphatic heterocycles. The number of hydrogen-bond acceptors (Lipinski definition) is 7. The van der Waals surface area contributed by atoms with Crippen LogP contribution < -0.4 is 10.6 Å².